The fourth-order valence-electron chi connectivity index (χ4n) is 3.05. The van der Waals surface area contributed by atoms with Gasteiger partial charge in [0.25, 0.3) is 0 Å². The minimum Gasteiger partial charge on any atom is -0.293 e. The van der Waals surface area contributed by atoms with Crippen LogP contribution in [0.2, 0.25) is 0 Å². The monoisotopic (exact) mass is 286 g/mol. The summed E-state index contributed by atoms with van der Waals surface area (Å²) in [4.78, 5) is 12.6. The van der Waals surface area contributed by atoms with E-state index in [0.717, 1.165) is 36.1 Å². The first-order valence-electron chi connectivity index (χ1n) is 7.15. The van der Waals surface area contributed by atoms with Crippen molar-refractivity contribution < 1.29 is 13.6 Å². The first-order chi connectivity index (χ1) is 10.1. The second kappa shape index (κ2) is 5.40. The number of benzene rings is 2. The van der Waals surface area contributed by atoms with Crippen LogP contribution in [0.15, 0.2) is 36.4 Å². The van der Waals surface area contributed by atoms with Gasteiger partial charge in [-0.15, -0.1) is 0 Å². The molecule has 3 rings (SSSR count). The third kappa shape index (κ3) is 2.48. The molecule has 1 aliphatic rings. The van der Waals surface area contributed by atoms with Gasteiger partial charge < -0.3 is 0 Å². The zero-order chi connectivity index (χ0) is 15.0. The molecular weight excluding hydrogens is 270 g/mol. The lowest BCUT2D eigenvalue weighted by atomic mass is 9.79. The quantitative estimate of drug-likeness (QED) is 0.739. The zero-order valence-corrected chi connectivity index (χ0v) is 11.8. The molecule has 3 heteroatoms. The Hall–Kier alpha value is -2.03. The van der Waals surface area contributed by atoms with E-state index in [9.17, 15) is 13.6 Å². The van der Waals surface area contributed by atoms with Gasteiger partial charge >= 0.3 is 0 Å². The van der Waals surface area contributed by atoms with E-state index in [1.165, 1.54) is 6.92 Å². The van der Waals surface area contributed by atoms with Gasteiger partial charge in [-0.05, 0) is 55.0 Å². The van der Waals surface area contributed by atoms with Crippen molar-refractivity contribution in [1.29, 1.82) is 0 Å². The van der Waals surface area contributed by atoms with Crippen LogP contribution >= 0.6 is 0 Å². The van der Waals surface area contributed by atoms with E-state index in [2.05, 4.69) is 0 Å². The zero-order valence-electron chi connectivity index (χ0n) is 11.8. The van der Waals surface area contributed by atoms with Gasteiger partial charge in [0.1, 0.15) is 11.6 Å². The van der Waals surface area contributed by atoms with Crippen LogP contribution in [0, 0.1) is 18.6 Å². The Balaban J connectivity index is 2.03. The molecule has 0 heterocycles. The molecule has 0 aliphatic heterocycles. The molecule has 0 aromatic heterocycles. The lowest BCUT2D eigenvalue weighted by Gasteiger charge is -2.24. The number of carbonyl (C=O) groups excluding carboxylic acids is 1. The second-order valence-corrected chi connectivity index (χ2v) is 5.59. The van der Waals surface area contributed by atoms with Crippen molar-refractivity contribution in [2.24, 2.45) is 0 Å². The SMILES string of the molecule is Cc1cc(F)c(C(=O)C2CCCc3ccccc32)cc1F. The van der Waals surface area contributed by atoms with E-state index in [-0.39, 0.29) is 22.8 Å². The third-order valence-corrected chi connectivity index (χ3v) is 4.20. The van der Waals surface area contributed by atoms with E-state index in [0.29, 0.717) is 6.42 Å². The van der Waals surface area contributed by atoms with Crippen LogP contribution in [-0.2, 0) is 6.42 Å². The summed E-state index contributed by atoms with van der Waals surface area (Å²) in [6.07, 6.45) is 2.51. The van der Waals surface area contributed by atoms with Crippen LogP contribution in [-0.4, -0.2) is 5.78 Å². The fraction of sp³-hybridized carbons (Fsp3) is 0.278. The van der Waals surface area contributed by atoms with Crippen molar-refractivity contribution in [1.82, 2.24) is 0 Å². The van der Waals surface area contributed by atoms with Gasteiger partial charge in [-0.1, -0.05) is 24.3 Å². The smallest absolute Gasteiger partial charge is 0.173 e. The van der Waals surface area contributed by atoms with Crippen molar-refractivity contribution in [2.45, 2.75) is 32.1 Å². The summed E-state index contributed by atoms with van der Waals surface area (Å²) in [5, 5.41) is 0. The van der Waals surface area contributed by atoms with E-state index >= 15 is 0 Å². The summed E-state index contributed by atoms with van der Waals surface area (Å²) in [6, 6.07) is 9.87. The summed E-state index contributed by atoms with van der Waals surface area (Å²) in [5.41, 5.74) is 2.16. The minimum atomic E-state index is -0.637. The Morgan fingerprint density at radius 2 is 1.90 bits per heavy atom. The van der Waals surface area contributed by atoms with E-state index in [1.807, 2.05) is 24.3 Å². The number of aryl methyl sites for hydroxylation is 2. The van der Waals surface area contributed by atoms with Crippen LogP contribution < -0.4 is 0 Å². The van der Waals surface area contributed by atoms with Crippen molar-refractivity contribution in [3.63, 3.8) is 0 Å². The molecule has 1 unspecified atom stereocenters. The van der Waals surface area contributed by atoms with Gasteiger partial charge in [0.2, 0.25) is 0 Å². The highest BCUT2D eigenvalue weighted by Crippen LogP contribution is 2.34. The first-order valence-corrected chi connectivity index (χ1v) is 7.15. The molecule has 0 amide bonds. The molecule has 108 valence electrons. The maximum Gasteiger partial charge on any atom is 0.173 e. The average Bonchev–Trinajstić information content (AvgIpc) is 2.49. The molecule has 0 N–H and O–H groups in total. The highest BCUT2D eigenvalue weighted by molar-refractivity contribution is 6.01. The molecule has 21 heavy (non-hydrogen) atoms. The summed E-state index contributed by atoms with van der Waals surface area (Å²) >= 11 is 0. The van der Waals surface area contributed by atoms with Gasteiger partial charge in [0, 0.05) is 5.92 Å². The molecule has 2 aromatic rings. The standard InChI is InChI=1S/C18H16F2O/c1-11-9-17(20)15(10-16(11)19)18(21)14-8-4-6-12-5-2-3-7-13(12)14/h2-3,5,7,9-10,14H,4,6,8H2,1H3. The van der Waals surface area contributed by atoms with Crippen LogP contribution in [0.3, 0.4) is 0 Å². The van der Waals surface area contributed by atoms with E-state index in [4.69, 9.17) is 0 Å². The molecule has 0 bridgehead atoms. The Labute approximate surface area is 122 Å². The maximum absolute atomic E-state index is 14.0. The Morgan fingerprint density at radius 3 is 2.71 bits per heavy atom. The molecule has 0 spiro atoms. The number of rotatable bonds is 2. The topological polar surface area (TPSA) is 17.1 Å². The highest BCUT2D eigenvalue weighted by Gasteiger charge is 2.29. The second-order valence-electron chi connectivity index (χ2n) is 5.59. The summed E-state index contributed by atoms with van der Waals surface area (Å²) in [5.74, 6) is -1.86. The number of hydrogen-bond donors (Lipinski definition) is 0. The minimum absolute atomic E-state index is 0.139. The van der Waals surface area contributed by atoms with Gasteiger partial charge in [-0.2, -0.15) is 0 Å². The molecule has 1 atom stereocenters. The van der Waals surface area contributed by atoms with E-state index < -0.39 is 11.6 Å². The highest BCUT2D eigenvalue weighted by atomic mass is 19.1. The largest absolute Gasteiger partial charge is 0.293 e. The molecule has 0 saturated carbocycles. The number of carbonyl (C=O) groups is 1. The molecule has 0 saturated heterocycles. The molecule has 2 aromatic carbocycles. The predicted octanol–water partition coefficient (Wildman–Crippen LogP) is 4.58. The number of ketones is 1. The van der Waals surface area contributed by atoms with Crippen LogP contribution in [0.1, 0.15) is 45.8 Å². The van der Waals surface area contributed by atoms with Crippen molar-refractivity contribution in [3.8, 4) is 0 Å². The number of halogens is 2. The first kappa shape index (κ1) is 13.9. The van der Waals surface area contributed by atoms with Gasteiger partial charge in [0.05, 0.1) is 5.56 Å². The summed E-state index contributed by atoms with van der Waals surface area (Å²) in [7, 11) is 0. The van der Waals surface area contributed by atoms with Crippen molar-refractivity contribution in [2.75, 3.05) is 0 Å². The molecule has 0 fully saturated rings. The van der Waals surface area contributed by atoms with Crippen LogP contribution in [0.5, 0.6) is 0 Å². The Bertz CT molecular complexity index is 706. The third-order valence-electron chi connectivity index (χ3n) is 4.20. The lowest BCUT2D eigenvalue weighted by molar-refractivity contribution is 0.0946. The predicted molar refractivity (Wildman–Crippen MR) is 77.5 cm³/mol. The Morgan fingerprint density at radius 1 is 1.14 bits per heavy atom. The number of fused-ring (bicyclic) bond motifs is 1. The lowest BCUT2D eigenvalue weighted by Crippen LogP contribution is -2.20. The van der Waals surface area contributed by atoms with Crippen molar-refractivity contribution >= 4 is 5.78 Å². The fourth-order valence-corrected chi connectivity index (χ4v) is 3.05. The normalized spacial score (nSPS) is 17.4. The van der Waals surface area contributed by atoms with Gasteiger partial charge in [0.15, 0.2) is 5.78 Å². The maximum atomic E-state index is 14.0. The average molecular weight is 286 g/mol. The summed E-state index contributed by atoms with van der Waals surface area (Å²) in [6.45, 7) is 1.49. The molecule has 0 radical (unpaired) electrons. The summed E-state index contributed by atoms with van der Waals surface area (Å²) < 4.78 is 27.7. The molecule has 1 nitrogen and oxygen atoms in total. The Kier molecular flexibility index (Phi) is 3.58. The molecule has 1 aliphatic carbocycles. The number of Topliss-reactive ketones (excluding diaryl/α,β-unsaturated/α-hetero) is 1. The number of hydrogen-bond acceptors (Lipinski definition) is 1. The van der Waals surface area contributed by atoms with Crippen LogP contribution in [0.4, 0.5) is 8.78 Å². The van der Waals surface area contributed by atoms with Crippen molar-refractivity contribution in [3.05, 3.63) is 70.3 Å². The van der Waals surface area contributed by atoms with Crippen LogP contribution in [0.25, 0.3) is 0 Å². The van der Waals surface area contributed by atoms with Gasteiger partial charge in [-0.25, -0.2) is 8.78 Å². The van der Waals surface area contributed by atoms with E-state index in [1.54, 1.807) is 0 Å². The molecular formula is C18H16F2O. The van der Waals surface area contributed by atoms with Gasteiger partial charge in [-0.3, -0.25) is 4.79 Å².